The number of nitrogens with two attached hydrogens (primary N) is 1. The third-order valence-electron chi connectivity index (χ3n) is 3.48. The summed E-state index contributed by atoms with van der Waals surface area (Å²) in [5.41, 5.74) is 7.19. The number of carbonyl (C=O) groups excluding carboxylic acids is 2. The van der Waals surface area contributed by atoms with E-state index in [1.165, 1.54) is 0 Å². The lowest BCUT2D eigenvalue weighted by molar-refractivity contribution is -0.147. The van der Waals surface area contributed by atoms with Gasteiger partial charge in [-0.1, -0.05) is 37.6 Å². The van der Waals surface area contributed by atoms with E-state index < -0.39 is 18.0 Å². The lowest BCUT2D eigenvalue weighted by Crippen LogP contribution is -2.50. The average Bonchev–Trinajstić information content (AvgIpc) is 2.46. The normalized spacial score (nSPS) is 21.1. The van der Waals surface area contributed by atoms with Crippen molar-refractivity contribution in [1.82, 2.24) is 5.32 Å². The molecule has 0 radical (unpaired) electrons. The summed E-state index contributed by atoms with van der Waals surface area (Å²) in [4.78, 5) is 23.6. The van der Waals surface area contributed by atoms with Crippen molar-refractivity contribution in [1.29, 1.82) is 0 Å². The van der Waals surface area contributed by atoms with Crippen molar-refractivity contribution in [3.05, 3.63) is 35.4 Å². The van der Waals surface area contributed by atoms with Crippen LogP contribution in [0.25, 0.3) is 0 Å². The van der Waals surface area contributed by atoms with Crippen LogP contribution in [0.4, 0.5) is 0 Å². The van der Waals surface area contributed by atoms with Crippen molar-refractivity contribution in [3.63, 3.8) is 0 Å². The van der Waals surface area contributed by atoms with Gasteiger partial charge in [0.2, 0.25) is 5.91 Å². The van der Waals surface area contributed by atoms with Crippen molar-refractivity contribution < 1.29 is 14.3 Å². The molecule has 0 fully saturated rings. The van der Waals surface area contributed by atoms with E-state index in [-0.39, 0.29) is 5.97 Å². The second-order valence-corrected chi connectivity index (χ2v) is 4.98. The van der Waals surface area contributed by atoms with Crippen molar-refractivity contribution in [2.45, 2.75) is 38.3 Å². The van der Waals surface area contributed by atoms with Crippen LogP contribution in [0.15, 0.2) is 24.3 Å². The molecule has 1 aromatic rings. The number of esters is 1. The predicted octanol–water partition coefficient (Wildman–Crippen LogP) is 1.07. The fourth-order valence-corrected chi connectivity index (χ4v) is 2.35. The van der Waals surface area contributed by atoms with Crippen molar-refractivity contribution >= 4 is 11.9 Å². The number of nitrogens with one attached hydrogen (secondary N) is 1. The third kappa shape index (κ3) is 3.17. The van der Waals surface area contributed by atoms with Crippen molar-refractivity contribution in [2.75, 3.05) is 6.61 Å². The summed E-state index contributed by atoms with van der Waals surface area (Å²) in [6, 6.07) is 6.41. The lowest BCUT2D eigenvalue weighted by atomic mass is 9.90. The molecule has 5 nitrogen and oxygen atoms in total. The molecule has 1 heterocycles. The van der Waals surface area contributed by atoms with Gasteiger partial charge in [-0.3, -0.25) is 10.1 Å². The fourth-order valence-electron chi connectivity index (χ4n) is 2.35. The van der Waals surface area contributed by atoms with Crippen LogP contribution in [0, 0.1) is 0 Å². The van der Waals surface area contributed by atoms with E-state index in [4.69, 9.17) is 10.5 Å². The first-order chi connectivity index (χ1) is 9.63. The van der Waals surface area contributed by atoms with E-state index >= 15 is 0 Å². The van der Waals surface area contributed by atoms with Gasteiger partial charge in [-0.25, -0.2) is 4.79 Å². The molecule has 1 aromatic carbocycles. The number of benzene rings is 1. The summed E-state index contributed by atoms with van der Waals surface area (Å²) in [5, 5.41) is 2.99. The monoisotopic (exact) mass is 276 g/mol. The van der Waals surface area contributed by atoms with Crippen molar-refractivity contribution in [2.24, 2.45) is 5.73 Å². The molecule has 0 saturated carbocycles. The minimum absolute atomic E-state index is 0.350. The van der Waals surface area contributed by atoms with Gasteiger partial charge in [-0.2, -0.15) is 0 Å². The zero-order valence-electron chi connectivity index (χ0n) is 11.6. The number of unbranched alkanes of at least 4 members (excludes halogenated alkanes) is 1. The number of primary amides is 1. The molecule has 1 amide bonds. The lowest BCUT2D eigenvalue weighted by Gasteiger charge is -2.30. The number of hydrogen-bond acceptors (Lipinski definition) is 4. The van der Waals surface area contributed by atoms with Crippen LogP contribution in [0.5, 0.6) is 0 Å². The van der Waals surface area contributed by atoms with Crippen LogP contribution in [-0.2, 0) is 20.7 Å². The SMILES string of the molecule is CCCCOC(=O)C1NC(C(N)=O)Cc2ccccc21. The Bertz CT molecular complexity index is 502. The molecule has 2 rings (SSSR count). The van der Waals surface area contributed by atoms with E-state index in [0.717, 1.165) is 24.0 Å². The third-order valence-corrected chi connectivity index (χ3v) is 3.48. The summed E-state index contributed by atoms with van der Waals surface area (Å²) in [7, 11) is 0. The molecular formula is C15H20N2O3. The van der Waals surface area contributed by atoms with Gasteiger partial charge in [0.1, 0.15) is 6.04 Å². The maximum absolute atomic E-state index is 12.2. The highest BCUT2D eigenvalue weighted by atomic mass is 16.5. The quantitative estimate of drug-likeness (QED) is 0.622. The smallest absolute Gasteiger partial charge is 0.327 e. The summed E-state index contributed by atoms with van der Waals surface area (Å²) in [6.07, 6.45) is 2.30. The minimum atomic E-state index is -0.616. The molecule has 2 unspecified atom stereocenters. The molecule has 0 saturated heterocycles. The van der Waals surface area contributed by atoms with Gasteiger partial charge < -0.3 is 10.5 Å². The van der Waals surface area contributed by atoms with E-state index in [1.807, 2.05) is 31.2 Å². The number of hydrogen-bond donors (Lipinski definition) is 2. The maximum Gasteiger partial charge on any atom is 0.327 e. The van der Waals surface area contributed by atoms with Crippen LogP contribution >= 0.6 is 0 Å². The molecule has 20 heavy (non-hydrogen) atoms. The molecule has 3 N–H and O–H groups in total. The Morgan fingerprint density at radius 2 is 2.15 bits per heavy atom. The van der Waals surface area contributed by atoms with Gasteiger partial charge in [0.05, 0.1) is 12.6 Å². The Morgan fingerprint density at radius 1 is 1.40 bits per heavy atom. The molecule has 1 aliphatic heterocycles. The first-order valence-corrected chi connectivity index (χ1v) is 6.93. The summed E-state index contributed by atoms with van der Waals surface area (Å²) >= 11 is 0. The van der Waals surface area contributed by atoms with E-state index in [2.05, 4.69) is 5.32 Å². The minimum Gasteiger partial charge on any atom is -0.464 e. The second-order valence-electron chi connectivity index (χ2n) is 4.98. The van der Waals surface area contributed by atoms with Gasteiger partial charge in [0, 0.05) is 0 Å². The number of carbonyl (C=O) groups is 2. The zero-order chi connectivity index (χ0) is 14.5. The Morgan fingerprint density at radius 3 is 2.85 bits per heavy atom. The molecule has 0 bridgehead atoms. The molecule has 0 spiro atoms. The topological polar surface area (TPSA) is 81.4 Å². The van der Waals surface area contributed by atoms with Crippen LogP contribution < -0.4 is 11.1 Å². The van der Waals surface area contributed by atoms with Crippen molar-refractivity contribution in [3.8, 4) is 0 Å². The van der Waals surface area contributed by atoms with Crippen LogP contribution in [0.3, 0.4) is 0 Å². The predicted molar refractivity (Wildman–Crippen MR) is 74.9 cm³/mol. The van der Waals surface area contributed by atoms with E-state index in [1.54, 1.807) is 0 Å². The highest BCUT2D eigenvalue weighted by Crippen LogP contribution is 2.26. The van der Waals surface area contributed by atoms with Crippen LogP contribution in [0.2, 0.25) is 0 Å². The molecule has 5 heteroatoms. The molecule has 108 valence electrons. The van der Waals surface area contributed by atoms with Gasteiger partial charge in [0.25, 0.3) is 0 Å². The average molecular weight is 276 g/mol. The van der Waals surface area contributed by atoms with Gasteiger partial charge >= 0.3 is 5.97 Å². The van der Waals surface area contributed by atoms with Gasteiger partial charge in [-0.15, -0.1) is 0 Å². The first kappa shape index (κ1) is 14.5. The summed E-state index contributed by atoms with van der Waals surface area (Å²) in [6.45, 7) is 2.43. The second kappa shape index (κ2) is 6.52. The van der Waals surface area contributed by atoms with Gasteiger partial charge in [0.15, 0.2) is 0 Å². The van der Waals surface area contributed by atoms with E-state index in [0.29, 0.717) is 13.0 Å². The van der Waals surface area contributed by atoms with Crippen LogP contribution in [-0.4, -0.2) is 24.5 Å². The van der Waals surface area contributed by atoms with Gasteiger partial charge in [-0.05, 0) is 24.0 Å². The first-order valence-electron chi connectivity index (χ1n) is 6.93. The molecule has 1 aliphatic rings. The number of fused-ring (bicyclic) bond motifs is 1. The number of ether oxygens (including phenoxy) is 1. The Hall–Kier alpha value is -1.88. The zero-order valence-corrected chi connectivity index (χ0v) is 11.6. The summed E-state index contributed by atoms with van der Waals surface area (Å²) in [5.74, 6) is -0.803. The Balaban J connectivity index is 2.18. The van der Waals surface area contributed by atoms with E-state index in [9.17, 15) is 9.59 Å². The standard InChI is InChI=1S/C15H20N2O3/c1-2-3-8-20-15(19)13-11-7-5-4-6-10(11)9-12(17-13)14(16)18/h4-7,12-13,17H,2-3,8-9H2,1H3,(H2,16,18). The summed E-state index contributed by atoms with van der Waals surface area (Å²) < 4.78 is 5.25. The fraction of sp³-hybridized carbons (Fsp3) is 0.467. The number of rotatable bonds is 5. The highest BCUT2D eigenvalue weighted by Gasteiger charge is 2.33. The van der Waals surface area contributed by atoms with Crippen LogP contribution in [0.1, 0.15) is 36.9 Å². The Kier molecular flexibility index (Phi) is 4.74. The molecule has 0 aromatic heterocycles. The number of amides is 1. The molecule has 2 atom stereocenters. The maximum atomic E-state index is 12.2. The molecule has 0 aliphatic carbocycles. The molecular weight excluding hydrogens is 256 g/mol. The highest BCUT2D eigenvalue weighted by molar-refractivity contribution is 5.84. The Labute approximate surface area is 118 Å². The largest absolute Gasteiger partial charge is 0.464 e.